The summed E-state index contributed by atoms with van der Waals surface area (Å²) in [7, 11) is 1.66. The third-order valence-electron chi connectivity index (χ3n) is 3.25. The maximum absolute atomic E-state index is 11.5. The number of carbonyl (C=O) groups excluding carboxylic acids is 1. The molecule has 0 aromatic heterocycles. The number of hydrogen-bond donors (Lipinski definition) is 1. The fourth-order valence-corrected chi connectivity index (χ4v) is 2.20. The van der Waals surface area contributed by atoms with E-state index in [-0.39, 0.29) is 5.91 Å². The third-order valence-corrected chi connectivity index (χ3v) is 3.25. The van der Waals surface area contributed by atoms with Crippen LogP contribution in [0.2, 0.25) is 0 Å². The highest BCUT2D eigenvalue weighted by molar-refractivity contribution is 5.94. The number of carbonyl (C=O) groups is 1. The summed E-state index contributed by atoms with van der Waals surface area (Å²) < 4.78 is 5.26. The minimum Gasteiger partial charge on any atom is -0.497 e. The first-order valence-electron chi connectivity index (χ1n) is 6.47. The highest BCUT2D eigenvalue weighted by Gasteiger charge is 2.17. The molecule has 1 aromatic rings. The largest absolute Gasteiger partial charge is 0.497 e. The van der Waals surface area contributed by atoms with Crippen molar-refractivity contribution in [3.8, 4) is 5.75 Å². The molecule has 0 aliphatic carbocycles. The first-order valence-corrected chi connectivity index (χ1v) is 6.47. The van der Waals surface area contributed by atoms with Gasteiger partial charge in [-0.2, -0.15) is 0 Å². The highest BCUT2D eigenvalue weighted by atomic mass is 16.5. The molecule has 2 rings (SSSR count). The first-order chi connectivity index (χ1) is 8.74. The Balaban J connectivity index is 2.28. The van der Waals surface area contributed by atoms with Gasteiger partial charge in [0.05, 0.1) is 18.5 Å². The predicted molar refractivity (Wildman–Crippen MR) is 73.4 cm³/mol. The molecule has 1 heterocycles. The monoisotopic (exact) mass is 248 g/mol. The van der Waals surface area contributed by atoms with E-state index in [1.807, 2.05) is 25.1 Å². The van der Waals surface area contributed by atoms with Crippen LogP contribution < -0.4 is 15.0 Å². The molecule has 18 heavy (non-hydrogen) atoms. The molecule has 4 heteroatoms. The van der Waals surface area contributed by atoms with Crippen LogP contribution in [0.25, 0.3) is 0 Å². The van der Waals surface area contributed by atoms with Crippen LogP contribution in [0.15, 0.2) is 18.2 Å². The number of anilines is 2. The summed E-state index contributed by atoms with van der Waals surface area (Å²) in [5, 5.41) is 2.95. The van der Waals surface area contributed by atoms with Crippen molar-refractivity contribution in [2.45, 2.75) is 26.2 Å². The lowest BCUT2D eigenvalue weighted by Gasteiger charge is -2.22. The van der Waals surface area contributed by atoms with Crippen LogP contribution in [-0.4, -0.2) is 26.1 Å². The van der Waals surface area contributed by atoms with Crippen molar-refractivity contribution in [1.29, 1.82) is 0 Å². The number of ether oxygens (including phenoxy) is 1. The highest BCUT2D eigenvalue weighted by Crippen LogP contribution is 2.32. The number of rotatable bonds is 4. The van der Waals surface area contributed by atoms with E-state index in [2.05, 4.69) is 10.2 Å². The summed E-state index contributed by atoms with van der Waals surface area (Å²) in [6, 6.07) is 5.79. The van der Waals surface area contributed by atoms with Crippen LogP contribution in [0.3, 0.4) is 0 Å². The molecule has 1 aliphatic rings. The smallest absolute Gasteiger partial charge is 0.224 e. The van der Waals surface area contributed by atoms with Gasteiger partial charge in [0.15, 0.2) is 0 Å². The summed E-state index contributed by atoms with van der Waals surface area (Å²) in [6.45, 7) is 3.94. The van der Waals surface area contributed by atoms with Gasteiger partial charge >= 0.3 is 0 Å². The zero-order valence-corrected chi connectivity index (χ0v) is 11.0. The van der Waals surface area contributed by atoms with Crippen LogP contribution in [0, 0.1) is 0 Å². The van der Waals surface area contributed by atoms with E-state index < -0.39 is 0 Å². The molecule has 0 saturated carbocycles. The predicted octanol–water partition coefficient (Wildman–Crippen LogP) is 2.64. The molecule has 0 spiro atoms. The minimum absolute atomic E-state index is 0.0422. The molecule has 1 fully saturated rings. The maximum Gasteiger partial charge on any atom is 0.224 e. The van der Waals surface area contributed by atoms with Crippen molar-refractivity contribution in [2.75, 3.05) is 30.4 Å². The Bertz CT molecular complexity index is 426. The zero-order chi connectivity index (χ0) is 13.0. The Kier molecular flexibility index (Phi) is 4.07. The lowest BCUT2D eigenvalue weighted by atomic mass is 10.2. The summed E-state index contributed by atoms with van der Waals surface area (Å²) >= 11 is 0. The number of nitrogens with zero attached hydrogens (tertiary/aromatic N) is 1. The minimum atomic E-state index is 0.0422. The van der Waals surface area contributed by atoms with E-state index in [9.17, 15) is 4.79 Å². The molecule has 98 valence electrons. The molecule has 1 amide bonds. The van der Waals surface area contributed by atoms with Crippen LogP contribution >= 0.6 is 0 Å². The summed E-state index contributed by atoms with van der Waals surface area (Å²) in [6.07, 6.45) is 2.90. The maximum atomic E-state index is 11.5. The average Bonchev–Trinajstić information content (AvgIpc) is 2.92. The van der Waals surface area contributed by atoms with Crippen LogP contribution in [0.5, 0.6) is 5.75 Å². The van der Waals surface area contributed by atoms with Gasteiger partial charge in [-0.1, -0.05) is 6.92 Å². The molecule has 0 radical (unpaired) electrons. The molecular formula is C14H20N2O2. The van der Waals surface area contributed by atoms with Gasteiger partial charge in [-0.15, -0.1) is 0 Å². The second-order valence-corrected chi connectivity index (χ2v) is 4.48. The molecule has 4 nitrogen and oxygen atoms in total. The fourth-order valence-electron chi connectivity index (χ4n) is 2.20. The zero-order valence-electron chi connectivity index (χ0n) is 11.0. The van der Waals surface area contributed by atoms with Gasteiger partial charge in [0, 0.05) is 25.6 Å². The van der Waals surface area contributed by atoms with Gasteiger partial charge < -0.3 is 15.0 Å². The molecule has 1 aliphatic heterocycles. The number of hydrogen-bond acceptors (Lipinski definition) is 3. The molecule has 0 unspecified atom stereocenters. The Morgan fingerprint density at radius 3 is 2.72 bits per heavy atom. The van der Waals surface area contributed by atoms with Crippen molar-refractivity contribution in [1.82, 2.24) is 0 Å². The first kappa shape index (κ1) is 12.7. The Hall–Kier alpha value is -1.71. The SMILES string of the molecule is CCC(=O)Nc1ccc(OC)cc1N1CCCC1. The second-order valence-electron chi connectivity index (χ2n) is 4.48. The molecule has 0 atom stereocenters. The summed E-state index contributed by atoms with van der Waals surface area (Å²) in [5.41, 5.74) is 1.94. The lowest BCUT2D eigenvalue weighted by Crippen LogP contribution is -2.20. The number of methoxy groups -OCH3 is 1. The van der Waals surface area contributed by atoms with Crippen molar-refractivity contribution in [3.63, 3.8) is 0 Å². The normalized spacial score (nSPS) is 14.7. The fraction of sp³-hybridized carbons (Fsp3) is 0.500. The quantitative estimate of drug-likeness (QED) is 0.890. The molecule has 1 N–H and O–H groups in total. The van der Waals surface area contributed by atoms with Gasteiger partial charge in [0.1, 0.15) is 5.75 Å². The topological polar surface area (TPSA) is 41.6 Å². The van der Waals surface area contributed by atoms with Crippen molar-refractivity contribution >= 4 is 17.3 Å². The standard InChI is InChI=1S/C14H20N2O2/c1-3-14(17)15-12-7-6-11(18-2)10-13(12)16-8-4-5-9-16/h6-7,10H,3-5,8-9H2,1-2H3,(H,15,17). The Labute approximate surface area is 108 Å². The number of nitrogens with one attached hydrogen (secondary N) is 1. The molecule has 1 saturated heterocycles. The van der Waals surface area contributed by atoms with Crippen LogP contribution in [0.4, 0.5) is 11.4 Å². The third kappa shape index (κ3) is 2.75. The van der Waals surface area contributed by atoms with Crippen molar-refractivity contribution in [3.05, 3.63) is 18.2 Å². The number of benzene rings is 1. The van der Waals surface area contributed by atoms with Gasteiger partial charge in [-0.3, -0.25) is 4.79 Å². The molecule has 1 aromatic carbocycles. The Morgan fingerprint density at radius 1 is 1.39 bits per heavy atom. The van der Waals surface area contributed by atoms with Crippen molar-refractivity contribution in [2.24, 2.45) is 0 Å². The van der Waals surface area contributed by atoms with Gasteiger partial charge in [-0.25, -0.2) is 0 Å². The second kappa shape index (κ2) is 5.76. The number of amides is 1. The Morgan fingerprint density at radius 2 is 2.11 bits per heavy atom. The van der Waals surface area contributed by atoms with Gasteiger partial charge in [0.2, 0.25) is 5.91 Å². The van der Waals surface area contributed by atoms with Crippen LogP contribution in [-0.2, 0) is 4.79 Å². The molecule has 0 bridgehead atoms. The van der Waals surface area contributed by atoms with Gasteiger partial charge in [0.25, 0.3) is 0 Å². The summed E-state index contributed by atoms with van der Waals surface area (Å²) in [5.74, 6) is 0.868. The average molecular weight is 248 g/mol. The van der Waals surface area contributed by atoms with E-state index in [1.165, 1.54) is 12.8 Å². The lowest BCUT2D eigenvalue weighted by molar-refractivity contribution is -0.115. The molecular weight excluding hydrogens is 228 g/mol. The van der Waals surface area contributed by atoms with E-state index in [0.717, 1.165) is 30.2 Å². The van der Waals surface area contributed by atoms with Gasteiger partial charge in [-0.05, 0) is 25.0 Å². The van der Waals surface area contributed by atoms with E-state index in [4.69, 9.17) is 4.74 Å². The van der Waals surface area contributed by atoms with Crippen molar-refractivity contribution < 1.29 is 9.53 Å². The van der Waals surface area contributed by atoms with E-state index >= 15 is 0 Å². The van der Waals surface area contributed by atoms with E-state index in [1.54, 1.807) is 7.11 Å². The van der Waals surface area contributed by atoms with Crippen LogP contribution in [0.1, 0.15) is 26.2 Å². The van der Waals surface area contributed by atoms with E-state index in [0.29, 0.717) is 6.42 Å². The summed E-state index contributed by atoms with van der Waals surface area (Å²) in [4.78, 5) is 13.8.